The molecule has 4 N–H and O–H groups in total. The lowest BCUT2D eigenvalue weighted by Crippen LogP contribution is -2.33. The van der Waals surface area contributed by atoms with Gasteiger partial charge in [-0.05, 0) is 45.1 Å². The van der Waals surface area contributed by atoms with Crippen molar-refractivity contribution in [1.82, 2.24) is 19.5 Å². The second kappa shape index (κ2) is 9.53. The molecule has 0 spiro atoms. The Bertz CT molecular complexity index is 1140. The van der Waals surface area contributed by atoms with Crippen molar-refractivity contribution in [2.75, 3.05) is 11.9 Å². The molecule has 1 saturated carbocycles. The average Bonchev–Trinajstić information content (AvgIpc) is 3.62. The first-order valence-corrected chi connectivity index (χ1v) is 12.6. The number of hydrogen-bond donors (Lipinski definition) is 4. The Labute approximate surface area is 204 Å². The molecule has 190 valence electrons. The third kappa shape index (κ3) is 4.14. The molecule has 2 fully saturated rings. The Hall–Kier alpha value is -2.47. The molecule has 0 amide bonds. The molecule has 1 aliphatic carbocycles. The van der Waals surface area contributed by atoms with E-state index in [-0.39, 0.29) is 0 Å². The number of rotatable bonds is 8. The van der Waals surface area contributed by atoms with E-state index in [1.54, 1.807) is 10.9 Å². The number of allylic oxidation sites excluding steroid dienone is 1. The Morgan fingerprint density at radius 3 is 2.66 bits per heavy atom. The number of aliphatic hydroxyl groups excluding tert-OH is 3. The standard InChI is InChI=1S/C24H35N7O4/c1-4-5-10-15-13(2)29-30-24(15,3)23-27-20(26-14-8-6-7-9-14)17-21(28-23)31(12-25-17)22-19(34)18(33)16(11-32)35-22/h12,14,16,18-19,22,32-34H,4-11H2,1-3H3,(H,26,27,28)/t16-,18-,19-,22?,24?/m1/s1. The first kappa shape index (κ1) is 24.2. The van der Waals surface area contributed by atoms with Crippen LogP contribution in [0.1, 0.15) is 77.8 Å². The highest BCUT2D eigenvalue weighted by atomic mass is 16.6. The summed E-state index contributed by atoms with van der Waals surface area (Å²) in [5, 5.41) is 43.1. The summed E-state index contributed by atoms with van der Waals surface area (Å²) in [5.41, 5.74) is 2.22. The number of aromatic nitrogens is 4. The highest BCUT2D eigenvalue weighted by Gasteiger charge is 2.45. The monoisotopic (exact) mass is 485 g/mol. The number of ether oxygens (including phenoxy) is 1. The largest absolute Gasteiger partial charge is 0.394 e. The molecule has 2 aromatic rings. The first-order chi connectivity index (χ1) is 16.9. The summed E-state index contributed by atoms with van der Waals surface area (Å²) in [6.07, 6.45) is 4.65. The van der Waals surface area contributed by atoms with Gasteiger partial charge in [-0.3, -0.25) is 4.57 Å². The number of aliphatic hydroxyl groups is 3. The average molecular weight is 486 g/mol. The fraction of sp³-hybridized carbons (Fsp3) is 0.708. The molecule has 2 aliphatic heterocycles. The number of azo groups is 1. The summed E-state index contributed by atoms with van der Waals surface area (Å²) in [7, 11) is 0. The summed E-state index contributed by atoms with van der Waals surface area (Å²) in [6, 6.07) is 0.301. The molecule has 1 saturated heterocycles. The van der Waals surface area contributed by atoms with E-state index in [2.05, 4.69) is 27.5 Å². The maximum absolute atomic E-state index is 10.7. The maximum atomic E-state index is 10.7. The van der Waals surface area contributed by atoms with Crippen molar-refractivity contribution in [3.8, 4) is 0 Å². The van der Waals surface area contributed by atoms with Crippen molar-refractivity contribution in [3.05, 3.63) is 23.4 Å². The second-order valence-corrected chi connectivity index (χ2v) is 10.0. The van der Waals surface area contributed by atoms with Gasteiger partial charge >= 0.3 is 0 Å². The van der Waals surface area contributed by atoms with Gasteiger partial charge in [-0.25, -0.2) is 15.0 Å². The van der Waals surface area contributed by atoms with E-state index in [4.69, 9.17) is 14.7 Å². The fourth-order valence-electron chi connectivity index (χ4n) is 5.40. The van der Waals surface area contributed by atoms with Gasteiger partial charge in [0.1, 0.15) is 18.3 Å². The molecule has 3 aliphatic rings. The zero-order valence-corrected chi connectivity index (χ0v) is 20.6. The minimum absolute atomic E-state index is 0.301. The summed E-state index contributed by atoms with van der Waals surface area (Å²) in [6.45, 7) is 5.71. The minimum Gasteiger partial charge on any atom is -0.394 e. The molecule has 0 bridgehead atoms. The summed E-state index contributed by atoms with van der Waals surface area (Å²) < 4.78 is 7.40. The zero-order chi connectivity index (χ0) is 24.7. The predicted octanol–water partition coefficient (Wildman–Crippen LogP) is 2.94. The molecule has 5 rings (SSSR count). The SMILES string of the molecule is CCCCC1=C(C)N=NC1(C)c1nc(NC2CCCC2)c2ncn(C3O[C@H](CO)[C@@H](O)[C@H]3O)c2n1. The first-order valence-electron chi connectivity index (χ1n) is 12.6. The second-order valence-electron chi connectivity index (χ2n) is 10.0. The topological polar surface area (TPSA) is 150 Å². The molecule has 35 heavy (non-hydrogen) atoms. The van der Waals surface area contributed by atoms with Crippen molar-refractivity contribution in [1.29, 1.82) is 0 Å². The molecule has 4 heterocycles. The third-order valence-corrected chi connectivity index (χ3v) is 7.55. The Balaban J connectivity index is 1.62. The Morgan fingerprint density at radius 2 is 1.97 bits per heavy atom. The van der Waals surface area contributed by atoms with E-state index in [1.165, 1.54) is 12.8 Å². The maximum Gasteiger partial charge on any atom is 0.168 e. The van der Waals surface area contributed by atoms with Crippen LogP contribution < -0.4 is 5.32 Å². The Morgan fingerprint density at radius 1 is 1.20 bits per heavy atom. The van der Waals surface area contributed by atoms with Gasteiger partial charge in [-0.1, -0.05) is 26.2 Å². The summed E-state index contributed by atoms with van der Waals surface area (Å²) >= 11 is 0. The highest BCUT2D eigenvalue weighted by molar-refractivity contribution is 5.83. The summed E-state index contributed by atoms with van der Waals surface area (Å²) in [4.78, 5) is 14.4. The zero-order valence-electron chi connectivity index (χ0n) is 20.6. The van der Waals surface area contributed by atoms with E-state index < -0.39 is 36.7 Å². The van der Waals surface area contributed by atoms with E-state index >= 15 is 0 Å². The molecule has 0 radical (unpaired) electrons. The summed E-state index contributed by atoms with van der Waals surface area (Å²) in [5.74, 6) is 1.13. The van der Waals surface area contributed by atoms with Crippen LogP contribution in [0.2, 0.25) is 0 Å². The van der Waals surface area contributed by atoms with Gasteiger partial charge in [0.25, 0.3) is 0 Å². The van der Waals surface area contributed by atoms with Crippen LogP contribution in [0, 0.1) is 0 Å². The fourth-order valence-corrected chi connectivity index (χ4v) is 5.40. The van der Waals surface area contributed by atoms with Crippen molar-refractivity contribution in [3.63, 3.8) is 0 Å². The third-order valence-electron chi connectivity index (χ3n) is 7.55. The van der Waals surface area contributed by atoms with Crippen LogP contribution in [0.5, 0.6) is 0 Å². The number of hydrogen-bond acceptors (Lipinski definition) is 10. The number of fused-ring (bicyclic) bond motifs is 1. The molecule has 11 nitrogen and oxygen atoms in total. The van der Waals surface area contributed by atoms with Crippen LogP contribution in [0.3, 0.4) is 0 Å². The van der Waals surface area contributed by atoms with Crippen LogP contribution >= 0.6 is 0 Å². The normalized spacial score (nSPS) is 31.4. The van der Waals surface area contributed by atoms with Crippen molar-refractivity contribution < 1.29 is 20.1 Å². The van der Waals surface area contributed by atoms with E-state index in [0.717, 1.165) is 43.4 Å². The quantitative estimate of drug-likeness (QED) is 0.446. The molecular weight excluding hydrogens is 450 g/mol. The number of anilines is 1. The van der Waals surface area contributed by atoms with Gasteiger partial charge in [-0.2, -0.15) is 10.2 Å². The van der Waals surface area contributed by atoms with E-state index in [1.807, 2.05) is 13.8 Å². The van der Waals surface area contributed by atoms with Gasteiger partial charge in [0.15, 0.2) is 34.6 Å². The van der Waals surface area contributed by atoms with Crippen LogP contribution in [-0.2, 0) is 10.3 Å². The molecule has 2 aromatic heterocycles. The molecule has 0 aromatic carbocycles. The number of nitrogens with zero attached hydrogens (tertiary/aromatic N) is 6. The number of imidazole rings is 1. The lowest BCUT2D eigenvalue weighted by Gasteiger charge is -2.24. The molecule has 5 atom stereocenters. The van der Waals surface area contributed by atoms with Crippen LogP contribution in [0.15, 0.2) is 27.8 Å². The van der Waals surface area contributed by atoms with Gasteiger partial charge < -0.3 is 25.4 Å². The van der Waals surface area contributed by atoms with Crippen molar-refractivity contribution in [2.24, 2.45) is 10.2 Å². The van der Waals surface area contributed by atoms with Gasteiger partial charge in [-0.15, -0.1) is 0 Å². The Kier molecular flexibility index (Phi) is 6.60. The van der Waals surface area contributed by atoms with E-state index in [0.29, 0.717) is 28.8 Å². The van der Waals surface area contributed by atoms with Crippen LogP contribution in [0.4, 0.5) is 5.82 Å². The van der Waals surface area contributed by atoms with Crippen molar-refractivity contribution >= 4 is 17.0 Å². The van der Waals surface area contributed by atoms with Crippen molar-refractivity contribution in [2.45, 2.75) is 102 Å². The van der Waals surface area contributed by atoms with Gasteiger partial charge in [0, 0.05) is 6.04 Å². The smallest absolute Gasteiger partial charge is 0.168 e. The van der Waals surface area contributed by atoms with Gasteiger partial charge in [0.05, 0.1) is 18.6 Å². The minimum atomic E-state index is -1.24. The predicted molar refractivity (Wildman–Crippen MR) is 129 cm³/mol. The highest BCUT2D eigenvalue weighted by Crippen LogP contribution is 2.43. The number of nitrogens with one attached hydrogen (secondary N) is 1. The lowest BCUT2D eigenvalue weighted by molar-refractivity contribution is -0.0511. The lowest BCUT2D eigenvalue weighted by atomic mass is 9.87. The number of unbranched alkanes of at least 4 members (excludes halogenated alkanes) is 1. The van der Waals surface area contributed by atoms with Gasteiger partial charge in [0.2, 0.25) is 0 Å². The molecule has 2 unspecified atom stereocenters. The molecule has 11 heteroatoms. The van der Waals surface area contributed by atoms with Crippen LogP contribution in [0.25, 0.3) is 11.2 Å². The molecular formula is C24H35N7O4. The van der Waals surface area contributed by atoms with E-state index in [9.17, 15) is 15.3 Å². The van der Waals surface area contributed by atoms with Crippen LogP contribution in [-0.4, -0.2) is 65.8 Å².